The van der Waals surface area contributed by atoms with Crippen molar-refractivity contribution < 1.29 is 4.92 Å². The Morgan fingerprint density at radius 2 is 2.05 bits per heavy atom. The number of halogens is 1. The second-order valence-corrected chi connectivity index (χ2v) is 5.59. The molecule has 0 spiro atoms. The first kappa shape index (κ1) is 16.1. The predicted molar refractivity (Wildman–Crippen MR) is 79.8 cm³/mol. The highest BCUT2D eigenvalue weighted by Gasteiger charge is 2.25. The number of nitrogens with zero attached hydrogens (tertiary/aromatic N) is 3. The smallest absolute Gasteiger partial charge is 0.262 e. The monoisotopic (exact) mass is 331 g/mol. The van der Waals surface area contributed by atoms with Crippen LogP contribution in [0.25, 0.3) is 0 Å². The lowest BCUT2D eigenvalue weighted by Gasteiger charge is -2.10. The van der Waals surface area contributed by atoms with Gasteiger partial charge in [0.2, 0.25) is 0 Å². The molecule has 108 valence electrons. The van der Waals surface area contributed by atoms with E-state index in [0.29, 0.717) is 24.5 Å². The molecular weight excluding hydrogens is 310 g/mol. The molecule has 0 aliphatic carbocycles. The summed E-state index contributed by atoms with van der Waals surface area (Å²) in [5.41, 5.74) is 1.58. The molecule has 0 aromatic carbocycles. The number of nitro groups is 1. The Labute approximate surface area is 122 Å². The van der Waals surface area contributed by atoms with Gasteiger partial charge in [-0.15, -0.1) is 0 Å². The highest BCUT2D eigenvalue weighted by Crippen LogP contribution is 2.25. The summed E-state index contributed by atoms with van der Waals surface area (Å²) in [5.74, 6) is 0.595. The van der Waals surface area contributed by atoms with E-state index < -0.39 is 0 Å². The van der Waals surface area contributed by atoms with Crippen LogP contribution in [0.5, 0.6) is 0 Å². The standard InChI is InChI=1S/C13H22BrN3O2/c1-4-11-13(17(18)19)12(5-2)16(15-11)9-7-10(3)6-8-14/h10H,4-9H2,1-3H3. The molecule has 1 heterocycles. The molecule has 0 bridgehead atoms. The Morgan fingerprint density at radius 1 is 1.37 bits per heavy atom. The summed E-state index contributed by atoms with van der Waals surface area (Å²) >= 11 is 3.44. The molecule has 1 unspecified atom stereocenters. The van der Waals surface area contributed by atoms with Crippen molar-refractivity contribution >= 4 is 21.6 Å². The van der Waals surface area contributed by atoms with Crippen molar-refractivity contribution in [1.29, 1.82) is 0 Å². The third-order valence-corrected chi connectivity index (χ3v) is 3.85. The van der Waals surface area contributed by atoms with Gasteiger partial charge in [-0.05, 0) is 31.6 Å². The molecule has 1 aromatic heterocycles. The van der Waals surface area contributed by atoms with Crippen LogP contribution >= 0.6 is 15.9 Å². The average molecular weight is 332 g/mol. The largest absolute Gasteiger partial charge is 0.313 e. The van der Waals surface area contributed by atoms with Gasteiger partial charge in [-0.2, -0.15) is 5.10 Å². The third kappa shape index (κ3) is 4.03. The van der Waals surface area contributed by atoms with Crippen LogP contribution in [0.15, 0.2) is 0 Å². The predicted octanol–water partition coefficient (Wildman–Crippen LogP) is 3.73. The molecule has 1 rings (SSSR count). The van der Waals surface area contributed by atoms with Gasteiger partial charge in [0, 0.05) is 11.9 Å². The molecule has 0 saturated carbocycles. The minimum atomic E-state index is -0.289. The molecule has 5 nitrogen and oxygen atoms in total. The van der Waals surface area contributed by atoms with Crippen molar-refractivity contribution in [2.75, 3.05) is 5.33 Å². The zero-order valence-electron chi connectivity index (χ0n) is 11.9. The molecular formula is C13H22BrN3O2. The van der Waals surface area contributed by atoms with Gasteiger partial charge in [-0.25, -0.2) is 0 Å². The number of aromatic nitrogens is 2. The van der Waals surface area contributed by atoms with Crippen LogP contribution in [0, 0.1) is 16.0 Å². The summed E-state index contributed by atoms with van der Waals surface area (Å²) < 4.78 is 1.84. The van der Waals surface area contributed by atoms with Crippen LogP contribution in [0.3, 0.4) is 0 Å². The molecule has 19 heavy (non-hydrogen) atoms. The van der Waals surface area contributed by atoms with Gasteiger partial charge in [0.25, 0.3) is 0 Å². The summed E-state index contributed by atoms with van der Waals surface area (Å²) in [6.45, 7) is 6.82. The van der Waals surface area contributed by atoms with Crippen LogP contribution in [-0.2, 0) is 19.4 Å². The second kappa shape index (κ2) is 7.62. The first-order chi connectivity index (χ1) is 9.04. The lowest BCUT2D eigenvalue weighted by atomic mass is 10.1. The Hall–Kier alpha value is -0.910. The molecule has 1 aromatic rings. The minimum Gasteiger partial charge on any atom is -0.262 e. The first-order valence-electron chi connectivity index (χ1n) is 6.83. The summed E-state index contributed by atoms with van der Waals surface area (Å²) in [4.78, 5) is 10.9. The first-order valence-corrected chi connectivity index (χ1v) is 7.96. The van der Waals surface area contributed by atoms with Gasteiger partial charge in [0.1, 0.15) is 11.4 Å². The maximum Gasteiger partial charge on any atom is 0.313 e. The van der Waals surface area contributed by atoms with Crippen molar-refractivity contribution in [2.45, 2.75) is 53.0 Å². The second-order valence-electron chi connectivity index (χ2n) is 4.80. The molecule has 0 amide bonds. The number of hydrogen-bond donors (Lipinski definition) is 0. The van der Waals surface area contributed by atoms with Gasteiger partial charge in [-0.1, -0.05) is 36.7 Å². The van der Waals surface area contributed by atoms with E-state index in [9.17, 15) is 10.1 Å². The highest BCUT2D eigenvalue weighted by molar-refractivity contribution is 9.09. The number of aryl methyl sites for hydroxylation is 2. The van der Waals surface area contributed by atoms with Crippen LogP contribution in [0.1, 0.15) is 45.0 Å². The lowest BCUT2D eigenvalue weighted by Crippen LogP contribution is -2.09. The van der Waals surface area contributed by atoms with Crippen LogP contribution in [-0.4, -0.2) is 20.0 Å². The van der Waals surface area contributed by atoms with E-state index in [-0.39, 0.29) is 10.6 Å². The number of alkyl halides is 1. The van der Waals surface area contributed by atoms with Crippen LogP contribution in [0.4, 0.5) is 5.69 Å². The Kier molecular flexibility index (Phi) is 6.48. The third-order valence-electron chi connectivity index (χ3n) is 3.39. The van der Waals surface area contributed by atoms with Crippen LogP contribution in [0.2, 0.25) is 0 Å². The molecule has 0 aliphatic rings. The summed E-state index contributed by atoms with van der Waals surface area (Å²) in [5, 5.41) is 16.6. The molecule has 0 saturated heterocycles. The zero-order valence-corrected chi connectivity index (χ0v) is 13.4. The van der Waals surface area contributed by atoms with Gasteiger partial charge in [0.05, 0.1) is 4.92 Å². The van der Waals surface area contributed by atoms with Gasteiger partial charge >= 0.3 is 5.69 Å². The van der Waals surface area contributed by atoms with E-state index in [1.807, 2.05) is 18.5 Å². The maximum atomic E-state index is 11.2. The van der Waals surface area contributed by atoms with E-state index in [1.165, 1.54) is 0 Å². The summed E-state index contributed by atoms with van der Waals surface area (Å²) in [6, 6.07) is 0. The summed E-state index contributed by atoms with van der Waals surface area (Å²) in [6.07, 6.45) is 3.37. The average Bonchev–Trinajstić information content (AvgIpc) is 2.74. The maximum absolute atomic E-state index is 11.2. The quantitative estimate of drug-likeness (QED) is 0.414. The van der Waals surface area contributed by atoms with Crippen molar-refractivity contribution in [3.8, 4) is 0 Å². The van der Waals surface area contributed by atoms with Crippen molar-refractivity contribution in [1.82, 2.24) is 9.78 Å². The molecule has 0 aliphatic heterocycles. The van der Waals surface area contributed by atoms with E-state index >= 15 is 0 Å². The van der Waals surface area contributed by atoms with E-state index in [2.05, 4.69) is 28.0 Å². The summed E-state index contributed by atoms with van der Waals surface area (Å²) in [7, 11) is 0. The molecule has 0 fully saturated rings. The minimum absolute atomic E-state index is 0.221. The highest BCUT2D eigenvalue weighted by atomic mass is 79.9. The Balaban J connectivity index is 2.91. The number of hydrogen-bond acceptors (Lipinski definition) is 3. The normalized spacial score (nSPS) is 12.6. The van der Waals surface area contributed by atoms with Gasteiger partial charge < -0.3 is 0 Å². The molecule has 0 N–H and O–H groups in total. The fraction of sp³-hybridized carbons (Fsp3) is 0.769. The topological polar surface area (TPSA) is 61.0 Å². The lowest BCUT2D eigenvalue weighted by molar-refractivity contribution is -0.386. The van der Waals surface area contributed by atoms with Crippen molar-refractivity contribution in [3.63, 3.8) is 0 Å². The van der Waals surface area contributed by atoms with Gasteiger partial charge in [0.15, 0.2) is 0 Å². The van der Waals surface area contributed by atoms with E-state index in [4.69, 9.17) is 0 Å². The van der Waals surface area contributed by atoms with E-state index in [1.54, 1.807) is 0 Å². The van der Waals surface area contributed by atoms with Gasteiger partial charge in [-0.3, -0.25) is 14.8 Å². The Bertz CT molecular complexity index is 432. The fourth-order valence-electron chi connectivity index (χ4n) is 2.20. The Morgan fingerprint density at radius 3 is 2.53 bits per heavy atom. The van der Waals surface area contributed by atoms with Crippen molar-refractivity contribution in [2.24, 2.45) is 5.92 Å². The molecule has 6 heteroatoms. The zero-order chi connectivity index (χ0) is 14.4. The molecule has 0 radical (unpaired) electrons. The molecule has 1 atom stereocenters. The SMILES string of the molecule is CCc1nn(CCC(C)CCBr)c(CC)c1[N+](=O)[O-]. The van der Waals surface area contributed by atoms with E-state index in [0.717, 1.165) is 30.4 Å². The van der Waals surface area contributed by atoms with Crippen molar-refractivity contribution in [3.05, 3.63) is 21.5 Å². The number of rotatable bonds is 8. The fourth-order valence-corrected chi connectivity index (χ4v) is 2.98. The van der Waals surface area contributed by atoms with Crippen LogP contribution < -0.4 is 0 Å².